The van der Waals surface area contributed by atoms with Gasteiger partial charge in [-0.1, -0.05) is 6.08 Å². The highest BCUT2D eigenvalue weighted by molar-refractivity contribution is 5.85. The maximum absolute atomic E-state index is 10.3. The van der Waals surface area contributed by atoms with E-state index in [4.69, 9.17) is 5.11 Å². The van der Waals surface area contributed by atoms with E-state index in [-0.39, 0.29) is 12.4 Å². The number of hydrogen-bond acceptors (Lipinski definition) is 2. The van der Waals surface area contributed by atoms with E-state index in [1.165, 1.54) is 0 Å². The molecule has 0 bridgehead atoms. The van der Waals surface area contributed by atoms with E-state index in [1.54, 1.807) is 32.0 Å². The van der Waals surface area contributed by atoms with Crippen molar-refractivity contribution in [1.82, 2.24) is 4.90 Å². The first-order valence-electron chi connectivity index (χ1n) is 2.66. The molecule has 0 aliphatic carbocycles. The molecule has 0 aliphatic heterocycles. The average molecular weight is 166 g/mol. The van der Waals surface area contributed by atoms with Crippen molar-refractivity contribution in [1.29, 1.82) is 0 Å². The zero-order valence-electron chi connectivity index (χ0n) is 6.29. The lowest BCUT2D eigenvalue weighted by molar-refractivity contribution is -0.134. The quantitative estimate of drug-likeness (QED) is 0.620. The summed E-state index contributed by atoms with van der Waals surface area (Å²) in [6.07, 6.45) is 1.56. The predicted molar refractivity (Wildman–Crippen MR) is 42.3 cm³/mol. The van der Waals surface area contributed by atoms with Crippen molar-refractivity contribution < 1.29 is 9.90 Å². The monoisotopic (exact) mass is 165 g/mol. The van der Waals surface area contributed by atoms with Gasteiger partial charge in [-0.15, -0.1) is 12.4 Å². The topological polar surface area (TPSA) is 40.5 Å². The van der Waals surface area contributed by atoms with Gasteiger partial charge in [-0.2, -0.15) is 0 Å². The lowest BCUT2D eigenvalue weighted by Gasteiger charge is -2.11. The van der Waals surface area contributed by atoms with E-state index in [0.717, 1.165) is 0 Å². The third-order valence-corrected chi connectivity index (χ3v) is 0.974. The van der Waals surface area contributed by atoms with Crippen molar-refractivity contribution in [3.8, 4) is 0 Å². The number of aliphatic carboxylic acids is 1. The van der Waals surface area contributed by atoms with Crippen LogP contribution in [0.15, 0.2) is 11.8 Å². The van der Waals surface area contributed by atoms with Crippen LogP contribution in [0.3, 0.4) is 0 Å². The molecule has 0 aromatic carbocycles. The second-order valence-electron chi connectivity index (χ2n) is 1.87. The average Bonchev–Trinajstić information content (AvgIpc) is 1.64. The zero-order valence-corrected chi connectivity index (χ0v) is 7.10. The molecular formula is C6H12ClNO2. The number of hydrogen-bond donors (Lipinski definition) is 1. The van der Waals surface area contributed by atoms with E-state index in [1.807, 2.05) is 0 Å². The lowest BCUT2D eigenvalue weighted by atomic mass is 10.4. The Kier molecular flexibility index (Phi) is 6.15. The van der Waals surface area contributed by atoms with Gasteiger partial charge in [0, 0.05) is 14.1 Å². The van der Waals surface area contributed by atoms with Crippen LogP contribution in [0.2, 0.25) is 0 Å². The van der Waals surface area contributed by atoms with Crippen LogP contribution in [-0.2, 0) is 4.79 Å². The maximum atomic E-state index is 10.3. The Morgan fingerprint density at radius 1 is 1.50 bits per heavy atom. The smallest absolute Gasteiger partial charge is 0.351 e. The van der Waals surface area contributed by atoms with Crippen LogP contribution in [-0.4, -0.2) is 30.1 Å². The van der Waals surface area contributed by atoms with Gasteiger partial charge in [0.25, 0.3) is 0 Å². The summed E-state index contributed by atoms with van der Waals surface area (Å²) in [5.41, 5.74) is 0.315. The number of carboxylic acids is 1. The summed E-state index contributed by atoms with van der Waals surface area (Å²) in [5.74, 6) is -0.887. The van der Waals surface area contributed by atoms with Gasteiger partial charge in [-0.05, 0) is 6.92 Å². The number of nitrogens with zero attached hydrogens (tertiary/aromatic N) is 1. The van der Waals surface area contributed by atoms with Gasteiger partial charge < -0.3 is 10.0 Å². The number of allylic oxidation sites excluding steroid dienone is 1. The molecular weight excluding hydrogens is 154 g/mol. The molecule has 0 saturated heterocycles. The lowest BCUT2D eigenvalue weighted by Crippen LogP contribution is -2.18. The summed E-state index contributed by atoms with van der Waals surface area (Å²) in [7, 11) is 3.40. The highest BCUT2D eigenvalue weighted by atomic mass is 35.5. The van der Waals surface area contributed by atoms with Crippen LogP contribution in [0.5, 0.6) is 0 Å². The third-order valence-electron chi connectivity index (χ3n) is 0.974. The van der Waals surface area contributed by atoms with Gasteiger partial charge in [0.1, 0.15) is 5.70 Å². The summed E-state index contributed by atoms with van der Waals surface area (Å²) >= 11 is 0. The van der Waals surface area contributed by atoms with E-state index in [9.17, 15) is 4.79 Å². The SMILES string of the molecule is CC=C(C(=O)O)N(C)C.Cl. The van der Waals surface area contributed by atoms with Crippen molar-refractivity contribution in [2.24, 2.45) is 0 Å². The highest BCUT2D eigenvalue weighted by Crippen LogP contribution is 1.95. The molecule has 0 amide bonds. The number of likely N-dealkylation sites (N-methyl/N-ethyl adjacent to an activating group) is 1. The molecule has 0 atom stereocenters. The van der Waals surface area contributed by atoms with Crippen LogP contribution in [0.25, 0.3) is 0 Å². The minimum atomic E-state index is -0.887. The summed E-state index contributed by atoms with van der Waals surface area (Å²) in [5, 5.41) is 8.43. The van der Waals surface area contributed by atoms with Crippen LogP contribution in [0.4, 0.5) is 0 Å². The normalized spacial score (nSPS) is 10.1. The maximum Gasteiger partial charge on any atom is 0.351 e. The summed E-state index contributed by atoms with van der Waals surface area (Å²) in [6.45, 7) is 1.70. The van der Waals surface area contributed by atoms with E-state index >= 15 is 0 Å². The molecule has 0 aromatic heterocycles. The van der Waals surface area contributed by atoms with Gasteiger partial charge in [0.05, 0.1) is 0 Å². The molecule has 0 fully saturated rings. The van der Waals surface area contributed by atoms with Gasteiger partial charge in [-0.3, -0.25) is 0 Å². The van der Waals surface area contributed by atoms with Gasteiger partial charge in [-0.25, -0.2) is 4.79 Å². The molecule has 0 radical (unpaired) electrons. The van der Waals surface area contributed by atoms with Gasteiger partial charge >= 0.3 is 5.97 Å². The standard InChI is InChI=1S/C6H11NO2.ClH/c1-4-5(6(8)9)7(2)3;/h4H,1-3H3,(H,8,9);1H. The highest BCUT2D eigenvalue weighted by Gasteiger charge is 2.05. The molecule has 0 aliphatic rings. The molecule has 1 N–H and O–H groups in total. The number of rotatable bonds is 2. The summed E-state index contributed by atoms with van der Waals surface area (Å²) < 4.78 is 0. The van der Waals surface area contributed by atoms with Crippen LogP contribution in [0.1, 0.15) is 6.92 Å². The molecule has 0 rings (SSSR count). The Hall–Kier alpha value is -0.700. The molecule has 0 unspecified atom stereocenters. The first kappa shape index (κ1) is 12.0. The molecule has 0 aromatic rings. The fourth-order valence-corrected chi connectivity index (χ4v) is 0.573. The van der Waals surface area contributed by atoms with Crippen LogP contribution in [0, 0.1) is 0 Å². The second kappa shape index (κ2) is 5.11. The van der Waals surface area contributed by atoms with E-state index in [2.05, 4.69) is 0 Å². The van der Waals surface area contributed by atoms with Gasteiger partial charge in [0.2, 0.25) is 0 Å². The Balaban J connectivity index is 0. The number of carbonyl (C=O) groups is 1. The third kappa shape index (κ3) is 3.35. The molecule has 0 saturated carbocycles. The fourth-order valence-electron chi connectivity index (χ4n) is 0.573. The summed E-state index contributed by atoms with van der Waals surface area (Å²) in [6, 6.07) is 0. The van der Waals surface area contributed by atoms with Gasteiger partial charge in [0.15, 0.2) is 0 Å². The van der Waals surface area contributed by atoms with Crippen LogP contribution < -0.4 is 0 Å². The van der Waals surface area contributed by atoms with Crippen molar-refractivity contribution in [2.75, 3.05) is 14.1 Å². The molecule has 0 heterocycles. The minimum absolute atomic E-state index is 0. The molecule has 0 spiro atoms. The van der Waals surface area contributed by atoms with E-state index < -0.39 is 5.97 Å². The predicted octanol–water partition coefficient (Wildman–Crippen LogP) is 0.958. The Labute approximate surface area is 66.7 Å². The van der Waals surface area contributed by atoms with Crippen molar-refractivity contribution >= 4 is 18.4 Å². The van der Waals surface area contributed by atoms with Crippen molar-refractivity contribution in [2.45, 2.75) is 6.92 Å². The Morgan fingerprint density at radius 3 is 1.90 bits per heavy atom. The minimum Gasteiger partial charge on any atom is -0.477 e. The summed E-state index contributed by atoms with van der Waals surface area (Å²) in [4.78, 5) is 11.8. The molecule has 60 valence electrons. The van der Waals surface area contributed by atoms with Crippen molar-refractivity contribution in [3.63, 3.8) is 0 Å². The molecule has 10 heavy (non-hydrogen) atoms. The Morgan fingerprint density at radius 2 is 1.90 bits per heavy atom. The van der Waals surface area contributed by atoms with Crippen LogP contribution >= 0.6 is 12.4 Å². The first-order chi connectivity index (χ1) is 4.09. The number of halogens is 1. The van der Waals surface area contributed by atoms with Crippen molar-refractivity contribution in [3.05, 3.63) is 11.8 Å². The molecule has 4 heteroatoms. The van der Waals surface area contributed by atoms with E-state index in [0.29, 0.717) is 5.70 Å². The zero-order chi connectivity index (χ0) is 7.44. The number of carboxylic acid groups (broad SMARTS) is 1. The Bertz CT molecular complexity index is 143. The largest absolute Gasteiger partial charge is 0.477 e. The molecule has 3 nitrogen and oxygen atoms in total. The fraction of sp³-hybridized carbons (Fsp3) is 0.500. The second-order valence-corrected chi connectivity index (χ2v) is 1.87. The first-order valence-corrected chi connectivity index (χ1v) is 2.66.